The third-order valence-electron chi connectivity index (χ3n) is 2.79. The number of amides is 1. The zero-order valence-electron chi connectivity index (χ0n) is 11.8. The van der Waals surface area contributed by atoms with Crippen molar-refractivity contribution in [1.82, 2.24) is 5.32 Å². The van der Waals surface area contributed by atoms with Crippen LogP contribution in [0.5, 0.6) is 0 Å². The normalized spacial score (nSPS) is 10.6. The van der Waals surface area contributed by atoms with Crippen molar-refractivity contribution in [1.29, 1.82) is 0 Å². The van der Waals surface area contributed by atoms with Gasteiger partial charge in [-0.15, -0.1) is 11.8 Å². The number of carbonyl (C=O) groups is 1. The second-order valence-corrected chi connectivity index (χ2v) is 5.92. The minimum Gasteiger partial charge on any atom is -0.350 e. The van der Waals surface area contributed by atoms with Crippen LogP contribution in [0.1, 0.15) is 29.8 Å². The van der Waals surface area contributed by atoms with Gasteiger partial charge in [-0.05, 0) is 31.5 Å². The van der Waals surface area contributed by atoms with Crippen molar-refractivity contribution in [2.45, 2.75) is 30.5 Å². The highest BCUT2D eigenvalue weighted by molar-refractivity contribution is 7.98. The molecule has 0 atom stereocenters. The van der Waals surface area contributed by atoms with Crippen LogP contribution >= 0.6 is 11.8 Å². The van der Waals surface area contributed by atoms with E-state index in [1.807, 2.05) is 56.3 Å². The summed E-state index contributed by atoms with van der Waals surface area (Å²) in [5.74, 6) is 0.864. The Hall–Kier alpha value is -1.74. The lowest BCUT2D eigenvalue weighted by molar-refractivity contribution is 0.0940. The van der Waals surface area contributed by atoms with Gasteiger partial charge in [0.2, 0.25) is 0 Å². The van der Waals surface area contributed by atoms with Crippen molar-refractivity contribution in [2.75, 3.05) is 0 Å². The van der Waals surface area contributed by atoms with E-state index >= 15 is 0 Å². The molecule has 0 unspecified atom stereocenters. The average Bonchev–Trinajstić information content (AvgIpc) is 2.46. The highest BCUT2D eigenvalue weighted by Crippen LogP contribution is 2.26. The van der Waals surface area contributed by atoms with Gasteiger partial charge in [-0.25, -0.2) is 0 Å². The molecule has 2 aromatic rings. The zero-order chi connectivity index (χ0) is 14.4. The molecule has 2 nitrogen and oxygen atoms in total. The average molecular weight is 285 g/mol. The molecule has 0 aromatic heterocycles. The monoisotopic (exact) mass is 285 g/mol. The summed E-state index contributed by atoms with van der Waals surface area (Å²) in [4.78, 5) is 13.2. The Labute approximate surface area is 124 Å². The number of thioether (sulfide) groups is 1. The first kappa shape index (κ1) is 14.7. The molecule has 2 aromatic carbocycles. The van der Waals surface area contributed by atoms with Gasteiger partial charge in [0, 0.05) is 16.7 Å². The quantitative estimate of drug-likeness (QED) is 0.837. The molecule has 1 N–H and O–H groups in total. The summed E-state index contributed by atoms with van der Waals surface area (Å²) < 4.78 is 0. The third kappa shape index (κ3) is 4.14. The molecule has 0 bridgehead atoms. The van der Waals surface area contributed by atoms with Gasteiger partial charge in [-0.3, -0.25) is 4.79 Å². The number of carbonyl (C=O) groups excluding carboxylic acids is 1. The summed E-state index contributed by atoms with van der Waals surface area (Å²) in [7, 11) is 0. The Morgan fingerprint density at radius 2 is 1.70 bits per heavy atom. The molecule has 0 saturated heterocycles. The van der Waals surface area contributed by atoms with Crippen molar-refractivity contribution in [3.8, 4) is 0 Å². The van der Waals surface area contributed by atoms with Crippen LogP contribution in [0.15, 0.2) is 59.5 Å². The number of hydrogen-bond donors (Lipinski definition) is 1. The molecular weight excluding hydrogens is 266 g/mol. The minimum absolute atomic E-state index is 0.00355. The highest BCUT2D eigenvalue weighted by Gasteiger charge is 2.11. The SMILES string of the molecule is CC(C)NC(=O)c1ccccc1SCc1ccccc1. The smallest absolute Gasteiger partial charge is 0.252 e. The molecule has 0 heterocycles. The maximum absolute atomic E-state index is 12.2. The molecule has 0 aliphatic heterocycles. The van der Waals surface area contributed by atoms with E-state index in [0.29, 0.717) is 0 Å². The maximum Gasteiger partial charge on any atom is 0.252 e. The Bertz CT molecular complexity index is 566. The summed E-state index contributed by atoms with van der Waals surface area (Å²) in [6.45, 7) is 3.94. The Morgan fingerprint density at radius 3 is 2.40 bits per heavy atom. The minimum atomic E-state index is -0.00355. The van der Waals surface area contributed by atoms with Crippen molar-refractivity contribution in [2.24, 2.45) is 0 Å². The molecule has 0 aliphatic carbocycles. The van der Waals surface area contributed by atoms with E-state index < -0.39 is 0 Å². The van der Waals surface area contributed by atoms with Crippen LogP contribution < -0.4 is 5.32 Å². The molecule has 0 radical (unpaired) electrons. The highest BCUT2D eigenvalue weighted by atomic mass is 32.2. The summed E-state index contributed by atoms with van der Waals surface area (Å²) in [6, 6.07) is 18.2. The molecule has 104 valence electrons. The van der Waals surface area contributed by atoms with Gasteiger partial charge in [0.05, 0.1) is 5.56 Å². The van der Waals surface area contributed by atoms with Crippen LogP contribution in [-0.4, -0.2) is 11.9 Å². The molecule has 0 spiro atoms. The maximum atomic E-state index is 12.2. The first-order valence-electron chi connectivity index (χ1n) is 6.73. The van der Waals surface area contributed by atoms with Crippen molar-refractivity contribution in [3.05, 3.63) is 65.7 Å². The Morgan fingerprint density at radius 1 is 1.05 bits per heavy atom. The number of rotatable bonds is 5. The second kappa shape index (κ2) is 7.15. The molecule has 2 rings (SSSR count). The Balaban J connectivity index is 2.10. The van der Waals surface area contributed by atoms with E-state index in [4.69, 9.17) is 0 Å². The first-order valence-corrected chi connectivity index (χ1v) is 7.72. The predicted octanol–water partition coefficient (Wildman–Crippen LogP) is 4.12. The third-order valence-corrected chi connectivity index (χ3v) is 3.93. The molecular formula is C17H19NOS. The van der Waals surface area contributed by atoms with E-state index in [2.05, 4.69) is 17.4 Å². The molecule has 0 fully saturated rings. The van der Waals surface area contributed by atoms with Crippen LogP contribution in [-0.2, 0) is 5.75 Å². The van der Waals surface area contributed by atoms with E-state index in [1.165, 1.54) is 5.56 Å². The number of benzene rings is 2. The van der Waals surface area contributed by atoms with Crippen LogP contribution in [0.3, 0.4) is 0 Å². The molecule has 3 heteroatoms. The summed E-state index contributed by atoms with van der Waals surface area (Å²) >= 11 is 1.69. The van der Waals surface area contributed by atoms with E-state index in [-0.39, 0.29) is 11.9 Å². The second-order valence-electron chi connectivity index (χ2n) is 4.90. The summed E-state index contributed by atoms with van der Waals surface area (Å²) in [5.41, 5.74) is 2.01. The van der Waals surface area contributed by atoms with Crippen LogP contribution in [0, 0.1) is 0 Å². The fraction of sp³-hybridized carbons (Fsp3) is 0.235. The van der Waals surface area contributed by atoms with Crippen molar-refractivity contribution >= 4 is 17.7 Å². The first-order chi connectivity index (χ1) is 9.66. The molecule has 0 aliphatic rings. The van der Waals surface area contributed by atoms with Crippen LogP contribution in [0.4, 0.5) is 0 Å². The molecule has 0 saturated carbocycles. The largest absolute Gasteiger partial charge is 0.350 e. The lowest BCUT2D eigenvalue weighted by atomic mass is 10.2. The van der Waals surface area contributed by atoms with Gasteiger partial charge in [-0.2, -0.15) is 0 Å². The zero-order valence-corrected chi connectivity index (χ0v) is 12.6. The lowest BCUT2D eigenvalue weighted by Crippen LogP contribution is -2.30. The number of nitrogens with one attached hydrogen (secondary N) is 1. The van der Waals surface area contributed by atoms with Gasteiger partial charge < -0.3 is 5.32 Å². The standard InChI is InChI=1S/C17H19NOS/c1-13(2)18-17(19)15-10-6-7-11-16(15)20-12-14-8-4-3-5-9-14/h3-11,13H,12H2,1-2H3,(H,18,19). The number of hydrogen-bond acceptors (Lipinski definition) is 2. The van der Waals surface area contributed by atoms with E-state index in [0.717, 1.165) is 16.2 Å². The molecule has 20 heavy (non-hydrogen) atoms. The lowest BCUT2D eigenvalue weighted by Gasteiger charge is -2.12. The molecule has 1 amide bonds. The van der Waals surface area contributed by atoms with Crippen molar-refractivity contribution in [3.63, 3.8) is 0 Å². The van der Waals surface area contributed by atoms with Gasteiger partial charge in [0.25, 0.3) is 5.91 Å². The van der Waals surface area contributed by atoms with E-state index in [1.54, 1.807) is 11.8 Å². The summed E-state index contributed by atoms with van der Waals surface area (Å²) in [6.07, 6.45) is 0. The van der Waals surface area contributed by atoms with Crippen LogP contribution in [0.2, 0.25) is 0 Å². The topological polar surface area (TPSA) is 29.1 Å². The fourth-order valence-electron chi connectivity index (χ4n) is 1.86. The Kier molecular flexibility index (Phi) is 5.24. The van der Waals surface area contributed by atoms with Gasteiger partial charge >= 0.3 is 0 Å². The predicted molar refractivity (Wildman–Crippen MR) is 85.0 cm³/mol. The summed E-state index contributed by atoms with van der Waals surface area (Å²) in [5, 5.41) is 2.95. The van der Waals surface area contributed by atoms with Gasteiger partial charge in [-0.1, -0.05) is 42.5 Å². The van der Waals surface area contributed by atoms with E-state index in [9.17, 15) is 4.79 Å². The van der Waals surface area contributed by atoms with Gasteiger partial charge in [0.1, 0.15) is 0 Å². The fourth-order valence-corrected chi connectivity index (χ4v) is 2.86. The van der Waals surface area contributed by atoms with Crippen LogP contribution in [0.25, 0.3) is 0 Å². The van der Waals surface area contributed by atoms with Crippen molar-refractivity contribution < 1.29 is 4.79 Å². The van der Waals surface area contributed by atoms with Gasteiger partial charge in [0.15, 0.2) is 0 Å².